The Balaban J connectivity index is 2.22. The average Bonchev–Trinajstić information content (AvgIpc) is 2.33. The first-order valence-corrected chi connectivity index (χ1v) is 8.32. The summed E-state index contributed by atoms with van der Waals surface area (Å²) in [5.74, 6) is 0. The molecule has 0 radical (unpaired) electrons. The third-order valence-corrected chi connectivity index (χ3v) is 6.74. The molecule has 0 amide bonds. The van der Waals surface area contributed by atoms with Crippen molar-refractivity contribution in [3.63, 3.8) is 0 Å². The predicted octanol–water partition coefficient (Wildman–Crippen LogP) is 2.46. The van der Waals surface area contributed by atoms with Gasteiger partial charge in [0.2, 0.25) is 0 Å². The molecule has 0 atom stereocenters. The maximum atomic E-state index is 5.79. The molecular weight excluding hydrogens is 236 g/mol. The minimum absolute atomic E-state index is 0.456. The largest absolute Gasteiger partial charge is 0.502 e. The fourth-order valence-electron chi connectivity index (χ4n) is 2.32. The number of ether oxygens (including phenoxy) is 1. The van der Waals surface area contributed by atoms with Crippen LogP contribution in [0.15, 0.2) is 0 Å². The summed E-state index contributed by atoms with van der Waals surface area (Å²) in [6.45, 7) is 3.77. The van der Waals surface area contributed by atoms with E-state index < -0.39 is 8.80 Å². The van der Waals surface area contributed by atoms with E-state index in [1.807, 2.05) is 0 Å². The smallest absolute Gasteiger partial charge is 0.381 e. The molecule has 0 saturated heterocycles. The molecule has 1 saturated carbocycles. The first kappa shape index (κ1) is 15.1. The molecule has 5 heteroatoms. The maximum absolute atomic E-state index is 5.79. The molecule has 1 aliphatic rings. The highest BCUT2D eigenvalue weighted by atomic mass is 28.4. The monoisotopic (exact) mass is 262 g/mol. The molecular formula is C12H26O4Si. The molecule has 0 N–H and O–H groups in total. The summed E-state index contributed by atoms with van der Waals surface area (Å²) in [6.07, 6.45) is 5.19. The van der Waals surface area contributed by atoms with E-state index in [0.717, 1.165) is 12.7 Å². The van der Waals surface area contributed by atoms with Crippen molar-refractivity contribution in [2.45, 2.75) is 38.7 Å². The van der Waals surface area contributed by atoms with Gasteiger partial charge >= 0.3 is 8.80 Å². The lowest BCUT2D eigenvalue weighted by Gasteiger charge is -2.41. The summed E-state index contributed by atoms with van der Waals surface area (Å²) < 4.78 is 21.8. The maximum Gasteiger partial charge on any atom is 0.502 e. The molecule has 102 valence electrons. The van der Waals surface area contributed by atoms with E-state index in [-0.39, 0.29) is 0 Å². The lowest BCUT2D eigenvalue weighted by molar-refractivity contribution is -0.00867. The van der Waals surface area contributed by atoms with E-state index in [1.165, 1.54) is 25.7 Å². The first-order valence-electron chi connectivity index (χ1n) is 6.39. The van der Waals surface area contributed by atoms with Crippen LogP contribution in [0, 0.1) is 5.41 Å². The lowest BCUT2D eigenvalue weighted by atomic mass is 9.68. The van der Waals surface area contributed by atoms with Gasteiger partial charge in [0, 0.05) is 27.4 Å². The Kier molecular flexibility index (Phi) is 6.09. The van der Waals surface area contributed by atoms with Gasteiger partial charge < -0.3 is 18.0 Å². The topological polar surface area (TPSA) is 36.9 Å². The van der Waals surface area contributed by atoms with Gasteiger partial charge in [0.25, 0.3) is 0 Å². The Morgan fingerprint density at radius 1 is 1.06 bits per heavy atom. The quantitative estimate of drug-likeness (QED) is 0.472. The van der Waals surface area contributed by atoms with Crippen molar-refractivity contribution in [1.82, 2.24) is 0 Å². The van der Waals surface area contributed by atoms with Gasteiger partial charge in [-0.1, -0.05) is 13.3 Å². The second kappa shape index (κ2) is 6.85. The summed E-state index contributed by atoms with van der Waals surface area (Å²) in [4.78, 5) is 0. The Morgan fingerprint density at radius 2 is 1.65 bits per heavy atom. The summed E-state index contributed by atoms with van der Waals surface area (Å²) in [7, 11) is 2.47. The second-order valence-corrected chi connectivity index (χ2v) is 7.90. The van der Waals surface area contributed by atoms with Gasteiger partial charge in [0.05, 0.1) is 13.2 Å². The summed E-state index contributed by atoms with van der Waals surface area (Å²) in [5, 5.41) is 0. The molecule has 0 aromatic rings. The molecule has 4 nitrogen and oxygen atoms in total. The minimum atomic E-state index is -2.44. The Bertz CT molecular complexity index is 201. The van der Waals surface area contributed by atoms with Crippen LogP contribution in [0.4, 0.5) is 0 Å². The van der Waals surface area contributed by atoms with Crippen LogP contribution in [0.25, 0.3) is 0 Å². The normalized spacial score (nSPS) is 19.1. The van der Waals surface area contributed by atoms with Crippen LogP contribution in [0.3, 0.4) is 0 Å². The van der Waals surface area contributed by atoms with Gasteiger partial charge in [-0.15, -0.1) is 0 Å². The van der Waals surface area contributed by atoms with Crippen molar-refractivity contribution in [3.8, 4) is 0 Å². The van der Waals surface area contributed by atoms with Crippen LogP contribution in [0.1, 0.15) is 32.6 Å². The van der Waals surface area contributed by atoms with Crippen molar-refractivity contribution in [2.75, 3.05) is 34.5 Å². The number of hydrogen-bond donors (Lipinski definition) is 0. The highest BCUT2D eigenvalue weighted by Gasteiger charge is 2.39. The van der Waals surface area contributed by atoms with E-state index >= 15 is 0 Å². The van der Waals surface area contributed by atoms with Crippen molar-refractivity contribution in [3.05, 3.63) is 0 Å². The molecule has 1 rings (SSSR count). The van der Waals surface area contributed by atoms with E-state index in [9.17, 15) is 0 Å². The molecule has 17 heavy (non-hydrogen) atoms. The van der Waals surface area contributed by atoms with Crippen LogP contribution in [-0.2, 0) is 18.0 Å². The molecule has 0 aromatic heterocycles. The molecule has 0 spiro atoms. The fraction of sp³-hybridized carbons (Fsp3) is 1.00. The molecule has 0 unspecified atom stereocenters. The second-order valence-electron chi connectivity index (χ2n) is 4.81. The molecule has 0 aromatic carbocycles. The Hall–Kier alpha value is 0.0569. The van der Waals surface area contributed by atoms with Crippen LogP contribution in [0.5, 0.6) is 0 Å². The van der Waals surface area contributed by atoms with E-state index in [0.29, 0.717) is 12.0 Å². The summed E-state index contributed by atoms with van der Waals surface area (Å²) >= 11 is 0. The summed E-state index contributed by atoms with van der Waals surface area (Å²) in [6, 6.07) is 0.719. The van der Waals surface area contributed by atoms with Crippen LogP contribution >= 0.6 is 0 Å². The average molecular weight is 262 g/mol. The zero-order valence-corrected chi connectivity index (χ0v) is 12.6. The van der Waals surface area contributed by atoms with E-state index in [2.05, 4.69) is 6.92 Å². The fourth-order valence-corrected chi connectivity index (χ4v) is 3.83. The number of rotatable bonds is 9. The van der Waals surface area contributed by atoms with Crippen molar-refractivity contribution in [2.24, 2.45) is 5.41 Å². The third kappa shape index (κ3) is 3.76. The predicted molar refractivity (Wildman–Crippen MR) is 69.0 cm³/mol. The van der Waals surface area contributed by atoms with Crippen molar-refractivity contribution in [1.29, 1.82) is 0 Å². The zero-order valence-electron chi connectivity index (χ0n) is 11.6. The van der Waals surface area contributed by atoms with Gasteiger partial charge in [0.15, 0.2) is 0 Å². The molecule has 1 aliphatic carbocycles. The minimum Gasteiger partial charge on any atom is -0.381 e. The van der Waals surface area contributed by atoms with Crippen LogP contribution < -0.4 is 0 Å². The molecule has 0 bridgehead atoms. The highest BCUT2D eigenvalue weighted by Crippen LogP contribution is 2.43. The molecule has 1 fully saturated rings. The standard InChI is InChI=1S/C12H26O4Si/c1-5-12(7-6-8-12)11-16-9-10-17(13-2,14-3)15-4/h5-11H2,1-4H3. The highest BCUT2D eigenvalue weighted by molar-refractivity contribution is 6.60. The van der Waals surface area contributed by atoms with Gasteiger partial charge in [-0.3, -0.25) is 0 Å². The van der Waals surface area contributed by atoms with Crippen LogP contribution in [0.2, 0.25) is 6.04 Å². The Labute approximate surface area is 106 Å². The first-order chi connectivity index (χ1) is 8.16. The Morgan fingerprint density at radius 3 is 2.00 bits per heavy atom. The zero-order chi connectivity index (χ0) is 12.8. The van der Waals surface area contributed by atoms with Gasteiger partial charge in [0.1, 0.15) is 0 Å². The lowest BCUT2D eigenvalue weighted by Crippen LogP contribution is -2.44. The SMILES string of the molecule is CCC1(COCC[Si](OC)(OC)OC)CCC1. The van der Waals surface area contributed by atoms with E-state index in [4.69, 9.17) is 18.0 Å². The number of hydrogen-bond acceptors (Lipinski definition) is 4. The molecule has 0 aliphatic heterocycles. The summed E-state index contributed by atoms with van der Waals surface area (Å²) in [5.41, 5.74) is 0.456. The van der Waals surface area contributed by atoms with E-state index in [1.54, 1.807) is 21.3 Å². The van der Waals surface area contributed by atoms with Crippen LogP contribution in [-0.4, -0.2) is 43.3 Å². The third-order valence-electron chi connectivity index (χ3n) is 4.06. The van der Waals surface area contributed by atoms with Crippen molar-refractivity contribution < 1.29 is 18.0 Å². The van der Waals surface area contributed by atoms with Gasteiger partial charge in [-0.25, -0.2) is 0 Å². The van der Waals surface area contributed by atoms with Gasteiger partial charge in [-0.05, 0) is 24.7 Å². The van der Waals surface area contributed by atoms with Crippen molar-refractivity contribution >= 4 is 8.80 Å². The molecule has 0 heterocycles. The van der Waals surface area contributed by atoms with Gasteiger partial charge in [-0.2, -0.15) is 0 Å².